The molecule has 0 spiro atoms. The molecule has 1 N–H and O–H groups in total. The highest BCUT2D eigenvalue weighted by atomic mass is 35.5. The van der Waals surface area contributed by atoms with Gasteiger partial charge in [-0.25, -0.2) is 4.68 Å². The van der Waals surface area contributed by atoms with Crippen LogP contribution < -0.4 is 10.9 Å². The number of benzene rings is 2. The van der Waals surface area contributed by atoms with Crippen LogP contribution >= 0.6 is 35.0 Å². The fourth-order valence-corrected chi connectivity index (χ4v) is 4.11. The molecule has 0 bridgehead atoms. The van der Waals surface area contributed by atoms with Crippen molar-refractivity contribution in [1.82, 2.24) is 9.36 Å². The number of carbonyl (C=O) groups excluding carboxylic acids is 1. The van der Waals surface area contributed by atoms with Crippen LogP contribution in [0.25, 0.3) is 5.69 Å². The molecule has 5 nitrogen and oxygen atoms in total. The lowest BCUT2D eigenvalue weighted by atomic mass is 10.2. The van der Waals surface area contributed by atoms with Crippen molar-refractivity contribution in [2.24, 2.45) is 7.05 Å². The van der Waals surface area contributed by atoms with E-state index in [1.165, 1.54) is 0 Å². The first-order valence-electron chi connectivity index (χ1n) is 9.04. The van der Waals surface area contributed by atoms with Gasteiger partial charge in [0.15, 0.2) is 0 Å². The van der Waals surface area contributed by atoms with E-state index >= 15 is 0 Å². The van der Waals surface area contributed by atoms with Gasteiger partial charge in [0.25, 0.3) is 5.56 Å². The molecule has 1 amide bonds. The normalized spacial score (nSPS) is 10.9. The van der Waals surface area contributed by atoms with E-state index in [1.54, 1.807) is 34.2 Å². The largest absolute Gasteiger partial charge is 0.320 e. The molecule has 8 heteroatoms. The third-order valence-electron chi connectivity index (χ3n) is 4.54. The second-order valence-corrected chi connectivity index (χ2v) is 8.46. The molecule has 29 heavy (non-hydrogen) atoms. The molecule has 0 atom stereocenters. The minimum Gasteiger partial charge on any atom is -0.320 e. The molecule has 152 valence electrons. The average Bonchev–Trinajstić information content (AvgIpc) is 2.92. The van der Waals surface area contributed by atoms with E-state index < -0.39 is 0 Å². The molecule has 0 aliphatic carbocycles. The number of amides is 1. The van der Waals surface area contributed by atoms with E-state index in [-0.39, 0.29) is 11.5 Å². The number of anilines is 1. The number of halogens is 2. The van der Waals surface area contributed by atoms with Gasteiger partial charge in [0.05, 0.1) is 21.4 Å². The topological polar surface area (TPSA) is 56.0 Å². The van der Waals surface area contributed by atoms with Crippen molar-refractivity contribution in [3.63, 3.8) is 0 Å². The summed E-state index contributed by atoms with van der Waals surface area (Å²) in [6, 6.07) is 14.8. The number of hydrogen-bond acceptors (Lipinski definition) is 3. The van der Waals surface area contributed by atoms with Crippen LogP contribution in [0, 0.1) is 6.92 Å². The molecule has 0 unspecified atom stereocenters. The Morgan fingerprint density at radius 1 is 1.10 bits per heavy atom. The molecule has 3 aromatic rings. The summed E-state index contributed by atoms with van der Waals surface area (Å²) in [5.41, 5.74) is 2.58. The summed E-state index contributed by atoms with van der Waals surface area (Å²) < 4.78 is 3.29. The van der Waals surface area contributed by atoms with Crippen molar-refractivity contribution >= 4 is 46.6 Å². The van der Waals surface area contributed by atoms with E-state index in [2.05, 4.69) is 5.32 Å². The first-order valence-corrected chi connectivity index (χ1v) is 10.9. The van der Waals surface area contributed by atoms with Gasteiger partial charge < -0.3 is 5.32 Å². The molecule has 0 radical (unpaired) electrons. The number of para-hydroxylation sites is 1. The minimum absolute atomic E-state index is 0.183. The van der Waals surface area contributed by atoms with Gasteiger partial charge in [-0.2, -0.15) is 11.8 Å². The van der Waals surface area contributed by atoms with Gasteiger partial charge in [-0.1, -0.05) is 47.5 Å². The van der Waals surface area contributed by atoms with Gasteiger partial charge in [-0.3, -0.25) is 14.3 Å². The summed E-state index contributed by atoms with van der Waals surface area (Å²) in [6.07, 6.45) is 0.311. The van der Waals surface area contributed by atoms with Crippen LogP contribution in [-0.4, -0.2) is 21.0 Å². The summed E-state index contributed by atoms with van der Waals surface area (Å²) in [6.45, 7) is 1.81. The quantitative estimate of drug-likeness (QED) is 0.513. The summed E-state index contributed by atoms with van der Waals surface area (Å²) in [5.74, 6) is 1.18. The summed E-state index contributed by atoms with van der Waals surface area (Å²) in [7, 11) is 1.80. The average molecular weight is 450 g/mol. The predicted molar refractivity (Wildman–Crippen MR) is 122 cm³/mol. The molecule has 3 rings (SSSR count). The number of hydrogen-bond donors (Lipinski definition) is 1. The Kier molecular flexibility index (Phi) is 7.11. The molecule has 0 aliphatic heterocycles. The van der Waals surface area contributed by atoms with E-state index in [1.807, 2.05) is 49.4 Å². The monoisotopic (exact) mass is 449 g/mol. The molecule has 0 saturated carbocycles. The Labute approximate surface area is 183 Å². The van der Waals surface area contributed by atoms with Crippen LogP contribution in [0.5, 0.6) is 0 Å². The predicted octanol–water partition coefficient (Wildman–Crippen LogP) is 5.05. The molecule has 0 fully saturated rings. The lowest BCUT2D eigenvalue weighted by molar-refractivity contribution is -0.115. The number of nitrogens with one attached hydrogen (secondary N) is 1. The van der Waals surface area contributed by atoms with Crippen molar-refractivity contribution in [2.45, 2.75) is 19.1 Å². The molecular weight excluding hydrogens is 429 g/mol. The number of nitrogens with zero attached hydrogens (tertiary/aromatic N) is 2. The molecule has 0 saturated heterocycles. The van der Waals surface area contributed by atoms with Crippen LogP contribution in [0.2, 0.25) is 10.0 Å². The SMILES string of the molecule is Cc1c(NC(=O)CCSCc2ccc(Cl)c(Cl)c2)c(=O)n(-c2ccccc2)n1C. The van der Waals surface area contributed by atoms with Gasteiger partial charge in [0, 0.05) is 25.0 Å². The number of carbonyl (C=O) groups is 1. The van der Waals surface area contributed by atoms with E-state index in [4.69, 9.17) is 23.2 Å². The minimum atomic E-state index is -0.243. The molecular formula is C21H21Cl2N3O2S. The van der Waals surface area contributed by atoms with Crippen LogP contribution in [0.1, 0.15) is 17.7 Å². The zero-order valence-corrected chi connectivity index (χ0v) is 18.4. The van der Waals surface area contributed by atoms with Crippen LogP contribution in [0.3, 0.4) is 0 Å². The molecule has 2 aromatic carbocycles. The van der Waals surface area contributed by atoms with Crippen molar-refractivity contribution < 1.29 is 4.79 Å². The highest BCUT2D eigenvalue weighted by Crippen LogP contribution is 2.25. The summed E-state index contributed by atoms with van der Waals surface area (Å²) in [5, 5.41) is 3.83. The van der Waals surface area contributed by atoms with Gasteiger partial charge in [-0.15, -0.1) is 0 Å². The van der Waals surface area contributed by atoms with Crippen molar-refractivity contribution in [3.05, 3.63) is 80.2 Å². The third-order valence-corrected chi connectivity index (χ3v) is 6.31. The van der Waals surface area contributed by atoms with Gasteiger partial charge >= 0.3 is 0 Å². The van der Waals surface area contributed by atoms with Crippen molar-refractivity contribution in [3.8, 4) is 5.69 Å². The lowest BCUT2D eigenvalue weighted by Crippen LogP contribution is -2.23. The fourth-order valence-electron chi connectivity index (χ4n) is 2.90. The maximum absolute atomic E-state index is 12.8. The molecule has 1 aromatic heterocycles. The second kappa shape index (κ2) is 9.57. The Hall–Kier alpha value is -2.15. The molecule has 1 heterocycles. The summed E-state index contributed by atoms with van der Waals surface area (Å²) >= 11 is 13.6. The number of rotatable bonds is 7. The Morgan fingerprint density at radius 2 is 1.83 bits per heavy atom. The maximum atomic E-state index is 12.8. The van der Waals surface area contributed by atoms with E-state index in [0.717, 1.165) is 17.0 Å². The standard InChI is InChI=1S/C21H21Cl2N3O2S/c1-14-20(21(28)26(25(14)2)16-6-4-3-5-7-16)24-19(27)10-11-29-13-15-8-9-17(22)18(23)12-15/h3-9,12H,10-11,13H2,1-2H3,(H,24,27). The van der Waals surface area contributed by atoms with E-state index in [9.17, 15) is 9.59 Å². The highest BCUT2D eigenvalue weighted by molar-refractivity contribution is 7.98. The van der Waals surface area contributed by atoms with E-state index in [0.29, 0.717) is 33.6 Å². The van der Waals surface area contributed by atoms with Crippen molar-refractivity contribution in [1.29, 1.82) is 0 Å². The smallest absolute Gasteiger partial charge is 0.295 e. The Balaban J connectivity index is 1.59. The third kappa shape index (κ3) is 5.07. The maximum Gasteiger partial charge on any atom is 0.295 e. The first-order chi connectivity index (χ1) is 13.9. The van der Waals surface area contributed by atoms with Gasteiger partial charge in [0.2, 0.25) is 5.91 Å². The summed E-state index contributed by atoms with van der Waals surface area (Å²) in [4.78, 5) is 25.2. The zero-order chi connectivity index (χ0) is 21.0. The highest BCUT2D eigenvalue weighted by Gasteiger charge is 2.17. The van der Waals surface area contributed by atoms with Gasteiger partial charge in [0.1, 0.15) is 5.69 Å². The van der Waals surface area contributed by atoms with Gasteiger partial charge in [-0.05, 0) is 36.8 Å². The number of aromatic nitrogens is 2. The second-order valence-electron chi connectivity index (χ2n) is 6.54. The number of thioether (sulfide) groups is 1. The first kappa shape index (κ1) is 21.6. The van der Waals surface area contributed by atoms with Crippen LogP contribution in [0.15, 0.2) is 53.3 Å². The lowest BCUT2D eigenvalue weighted by Gasteiger charge is -2.07. The van der Waals surface area contributed by atoms with Crippen LogP contribution in [0.4, 0.5) is 5.69 Å². The Bertz CT molecular complexity index is 1080. The van der Waals surface area contributed by atoms with Crippen molar-refractivity contribution in [2.75, 3.05) is 11.1 Å². The Morgan fingerprint density at radius 3 is 2.52 bits per heavy atom. The molecule has 0 aliphatic rings. The van der Waals surface area contributed by atoms with Crippen LogP contribution in [-0.2, 0) is 17.6 Å². The fraction of sp³-hybridized carbons (Fsp3) is 0.238. The zero-order valence-electron chi connectivity index (χ0n) is 16.1.